The summed E-state index contributed by atoms with van der Waals surface area (Å²) < 4.78 is 0. The van der Waals surface area contributed by atoms with Crippen molar-refractivity contribution in [1.82, 2.24) is 10.3 Å². The van der Waals surface area contributed by atoms with Gasteiger partial charge in [0.15, 0.2) is 0 Å². The third kappa shape index (κ3) is 6.04. The Hall–Kier alpha value is -1.09. The van der Waals surface area contributed by atoms with E-state index in [4.69, 9.17) is 4.98 Å². The molecule has 0 atom stereocenters. The van der Waals surface area contributed by atoms with Gasteiger partial charge in [0.25, 0.3) is 0 Å². The van der Waals surface area contributed by atoms with E-state index >= 15 is 0 Å². The van der Waals surface area contributed by atoms with E-state index in [2.05, 4.69) is 64.3 Å². The smallest absolute Gasteiger partial charge is 0.126 e. The van der Waals surface area contributed by atoms with Crippen LogP contribution in [0.4, 0.5) is 5.82 Å². The van der Waals surface area contributed by atoms with Crippen LogP contribution >= 0.6 is 0 Å². The van der Waals surface area contributed by atoms with E-state index in [1.807, 2.05) is 0 Å². The largest absolute Gasteiger partial charge is 0.370 e. The van der Waals surface area contributed by atoms with Crippen LogP contribution in [0, 0.1) is 24.7 Å². The number of pyridine rings is 1. The highest BCUT2D eigenvalue weighted by molar-refractivity contribution is 5.38. The lowest BCUT2D eigenvalue weighted by Gasteiger charge is -2.25. The molecule has 21 heavy (non-hydrogen) atoms. The van der Waals surface area contributed by atoms with Crippen molar-refractivity contribution < 1.29 is 0 Å². The van der Waals surface area contributed by atoms with E-state index in [1.165, 1.54) is 5.56 Å². The third-order valence-corrected chi connectivity index (χ3v) is 4.17. The summed E-state index contributed by atoms with van der Waals surface area (Å²) >= 11 is 0. The van der Waals surface area contributed by atoms with Gasteiger partial charge in [-0.3, -0.25) is 0 Å². The lowest BCUT2D eigenvalue weighted by Crippen LogP contribution is -2.25. The maximum absolute atomic E-state index is 4.69. The van der Waals surface area contributed by atoms with Crippen molar-refractivity contribution in [1.29, 1.82) is 0 Å². The monoisotopic (exact) mass is 291 g/mol. The Morgan fingerprint density at radius 3 is 2.29 bits per heavy atom. The average Bonchev–Trinajstić information content (AvgIpc) is 2.40. The first-order valence-corrected chi connectivity index (χ1v) is 8.36. The van der Waals surface area contributed by atoms with Gasteiger partial charge in [-0.15, -0.1) is 0 Å². The molecule has 120 valence electrons. The van der Waals surface area contributed by atoms with E-state index in [9.17, 15) is 0 Å². The minimum Gasteiger partial charge on any atom is -0.370 e. The second-order valence-corrected chi connectivity index (χ2v) is 6.65. The highest BCUT2D eigenvalue weighted by Crippen LogP contribution is 2.21. The molecule has 0 saturated heterocycles. The molecule has 0 aliphatic carbocycles. The molecule has 0 fully saturated rings. The molecule has 0 bridgehead atoms. The zero-order valence-corrected chi connectivity index (χ0v) is 14.7. The molecule has 1 heterocycles. The van der Waals surface area contributed by atoms with Crippen molar-refractivity contribution in [2.75, 3.05) is 18.4 Å². The van der Waals surface area contributed by atoms with E-state index in [0.717, 1.165) is 37.6 Å². The van der Waals surface area contributed by atoms with E-state index in [0.29, 0.717) is 17.8 Å². The summed E-state index contributed by atoms with van der Waals surface area (Å²) in [6.07, 6.45) is 1.16. The maximum atomic E-state index is 4.69. The number of anilines is 1. The van der Waals surface area contributed by atoms with Crippen LogP contribution in [0.3, 0.4) is 0 Å². The summed E-state index contributed by atoms with van der Waals surface area (Å²) in [7, 11) is 0. The summed E-state index contributed by atoms with van der Waals surface area (Å²) in [5.74, 6) is 3.06. The quantitative estimate of drug-likeness (QED) is 0.669. The van der Waals surface area contributed by atoms with Crippen LogP contribution in [0.15, 0.2) is 12.1 Å². The standard InChI is InChI=1S/C18H33N3/c1-7-10-19-11-16-8-9-18(21-15(16)6)20-12-17(13(2)3)14(4)5/h8-9,13-14,17,19H,7,10-12H2,1-6H3,(H,20,21). The predicted octanol–water partition coefficient (Wildman–Crippen LogP) is 4.23. The first-order valence-electron chi connectivity index (χ1n) is 8.36. The molecule has 2 N–H and O–H groups in total. The van der Waals surface area contributed by atoms with Gasteiger partial charge < -0.3 is 10.6 Å². The van der Waals surface area contributed by atoms with Crippen molar-refractivity contribution in [2.45, 2.75) is 54.5 Å². The second-order valence-electron chi connectivity index (χ2n) is 6.65. The molecule has 1 aromatic rings. The Morgan fingerprint density at radius 2 is 1.76 bits per heavy atom. The molecular weight excluding hydrogens is 258 g/mol. The Labute approximate surface area is 130 Å². The van der Waals surface area contributed by atoms with Crippen LogP contribution in [-0.2, 0) is 6.54 Å². The van der Waals surface area contributed by atoms with Crippen molar-refractivity contribution in [3.05, 3.63) is 23.4 Å². The van der Waals surface area contributed by atoms with Crippen molar-refractivity contribution >= 4 is 5.82 Å². The normalized spacial score (nSPS) is 11.7. The summed E-state index contributed by atoms with van der Waals surface area (Å²) in [5, 5.41) is 6.94. The van der Waals surface area contributed by atoms with E-state index in [-0.39, 0.29) is 0 Å². The summed E-state index contributed by atoms with van der Waals surface area (Å²) in [6, 6.07) is 4.29. The fourth-order valence-electron chi connectivity index (χ4n) is 2.74. The summed E-state index contributed by atoms with van der Waals surface area (Å²) in [5.41, 5.74) is 2.41. The number of aromatic nitrogens is 1. The Morgan fingerprint density at radius 1 is 1.10 bits per heavy atom. The van der Waals surface area contributed by atoms with Gasteiger partial charge in [0.05, 0.1) is 0 Å². The summed E-state index contributed by atoms with van der Waals surface area (Å²) in [6.45, 7) is 16.4. The predicted molar refractivity (Wildman–Crippen MR) is 92.6 cm³/mol. The highest BCUT2D eigenvalue weighted by Gasteiger charge is 2.17. The van der Waals surface area contributed by atoms with Crippen LogP contribution in [0.5, 0.6) is 0 Å². The van der Waals surface area contributed by atoms with Gasteiger partial charge in [0, 0.05) is 18.8 Å². The minimum atomic E-state index is 0.679. The van der Waals surface area contributed by atoms with Crippen molar-refractivity contribution in [2.24, 2.45) is 17.8 Å². The van der Waals surface area contributed by atoms with Crippen LogP contribution in [-0.4, -0.2) is 18.1 Å². The molecule has 1 aromatic heterocycles. The SMILES string of the molecule is CCCNCc1ccc(NCC(C(C)C)C(C)C)nc1C. The van der Waals surface area contributed by atoms with Gasteiger partial charge >= 0.3 is 0 Å². The summed E-state index contributed by atoms with van der Waals surface area (Å²) in [4.78, 5) is 4.69. The lowest BCUT2D eigenvalue weighted by atomic mass is 9.85. The third-order valence-electron chi connectivity index (χ3n) is 4.17. The molecular formula is C18H33N3. The van der Waals surface area contributed by atoms with Crippen LogP contribution < -0.4 is 10.6 Å². The molecule has 0 aliphatic rings. The van der Waals surface area contributed by atoms with E-state index < -0.39 is 0 Å². The fourth-order valence-corrected chi connectivity index (χ4v) is 2.74. The van der Waals surface area contributed by atoms with Gasteiger partial charge in [-0.2, -0.15) is 0 Å². The molecule has 1 rings (SSSR count). The molecule has 3 heteroatoms. The fraction of sp³-hybridized carbons (Fsp3) is 0.722. The van der Waals surface area contributed by atoms with Gasteiger partial charge in [-0.1, -0.05) is 40.7 Å². The van der Waals surface area contributed by atoms with Gasteiger partial charge in [0.2, 0.25) is 0 Å². The molecule has 0 unspecified atom stereocenters. The Kier molecular flexibility index (Phi) is 7.73. The molecule has 0 aliphatic heterocycles. The number of nitrogens with zero attached hydrogens (tertiary/aromatic N) is 1. The number of nitrogens with one attached hydrogen (secondary N) is 2. The van der Waals surface area contributed by atoms with Crippen molar-refractivity contribution in [3.8, 4) is 0 Å². The molecule has 0 amide bonds. The van der Waals surface area contributed by atoms with Gasteiger partial charge in [-0.25, -0.2) is 4.98 Å². The van der Waals surface area contributed by atoms with E-state index in [1.54, 1.807) is 0 Å². The number of rotatable bonds is 9. The molecule has 0 aromatic carbocycles. The Bertz CT molecular complexity index is 405. The number of hydrogen-bond acceptors (Lipinski definition) is 3. The highest BCUT2D eigenvalue weighted by atomic mass is 15.0. The van der Waals surface area contributed by atoms with Gasteiger partial charge in [-0.05, 0) is 49.3 Å². The van der Waals surface area contributed by atoms with Crippen molar-refractivity contribution in [3.63, 3.8) is 0 Å². The van der Waals surface area contributed by atoms with Crippen LogP contribution in [0.1, 0.15) is 52.3 Å². The first-order chi connectivity index (χ1) is 9.95. The topological polar surface area (TPSA) is 37.0 Å². The number of aryl methyl sites for hydroxylation is 1. The minimum absolute atomic E-state index is 0.679. The molecule has 3 nitrogen and oxygen atoms in total. The molecule has 0 radical (unpaired) electrons. The molecule has 0 spiro atoms. The maximum Gasteiger partial charge on any atom is 0.126 e. The zero-order valence-electron chi connectivity index (χ0n) is 14.7. The second kappa shape index (κ2) is 9.04. The zero-order chi connectivity index (χ0) is 15.8. The first kappa shape index (κ1) is 18.0. The van der Waals surface area contributed by atoms with Crippen LogP contribution in [0.25, 0.3) is 0 Å². The Balaban J connectivity index is 2.58. The lowest BCUT2D eigenvalue weighted by molar-refractivity contribution is 0.304. The van der Waals surface area contributed by atoms with Gasteiger partial charge in [0.1, 0.15) is 5.82 Å². The average molecular weight is 291 g/mol. The molecule has 0 saturated carbocycles. The number of hydrogen-bond donors (Lipinski definition) is 2. The van der Waals surface area contributed by atoms with Crippen LogP contribution in [0.2, 0.25) is 0 Å².